The molecule has 7 heteroatoms. The van der Waals surface area contributed by atoms with Crippen LogP contribution < -0.4 is 5.32 Å². The number of fused-ring (bicyclic) bond motifs is 1. The topological polar surface area (TPSA) is 85.1 Å². The van der Waals surface area contributed by atoms with Gasteiger partial charge in [-0.25, -0.2) is 4.98 Å². The third-order valence-electron chi connectivity index (χ3n) is 3.33. The van der Waals surface area contributed by atoms with Crippen LogP contribution in [0.1, 0.15) is 42.1 Å². The lowest BCUT2D eigenvalue weighted by molar-refractivity contribution is 0.0927. The van der Waals surface area contributed by atoms with Crippen molar-refractivity contribution in [1.82, 2.24) is 29.9 Å². The molecule has 0 aromatic carbocycles. The van der Waals surface area contributed by atoms with Gasteiger partial charge in [0.2, 0.25) is 0 Å². The van der Waals surface area contributed by atoms with Crippen LogP contribution in [0.2, 0.25) is 0 Å². The number of nitrogens with one attached hydrogen (secondary N) is 1. The first-order valence-electron chi connectivity index (χ1n) is 7.16. The maximum atomic E-state index is 12.3. The van der Waals surface area contributed by atoms with E-state index >= 15 is 0 Å². The molecule has 1 atom stereocenters. The van der Waals surface area contributed by atoms with Crippen LogP contribution in [0.5, 0.6) is 0 Å². The number of hydrogen-bond donors (Lipinski definition) is 1. The van der Waals surface area contributed by atoms with Crippen molar-refractivity contribution in [2.24, 2.45) is 0 Å². The molecule has 3 aromatic heterocycles. The summed E-state index contributed by atoms with van der Waals surface area (Å²) in [6.45, 7) is 2.06. The smallest absolute Gasteiger partial charge is 0.272 e. The van der Waals surface area contributed by atoms with Crippen LogP contribution in [-0.2, 0) is 0 Å². The lowest BCUT2D eigenvalue weighted by Crippen LogP contribution is -2.30. The molecule has 0 aliphatic rings. The van der Waals surface area contributed by atoms with Gasteiger partial charge in [-0.1, -0.05) is 19.4 Å². The van der Waals surface area contributed by atoms with Gasteiger partial charge in [0.05, 0.1) is 12.2 Å². The molecular weight excluding hydrogens is 280 g/mol. The maximum absolute atomic E-state index is 12.3. The van der Waals surface area contributed by atoms with E-state index in [4.69, 9.17) is 0 Å². The number of carbonyl (C=O) groups is 1. The third kappa shape index (κ3) is 2.78. The van der Waals surface area contributed by atoms with Crippen molar-refractivity contribution in [2.45, 2.75) is 25.8 Å². The largest absolute Gasteiger partial charge is 0.341 e. The highest BCUT2D eigenvalue weighted by molar-refractivity contribution is 5.92. The lowest BCUT2D eigenvalue weighted by Gasteiger charge is -2.16. The number of nitrogens with zero attached hydrogens (tertiary/aromatic N) is 5. The molecule has 3 rings (SSSR count). The lowest BCUT2D eigenvalue weighted by atomic mass is 10.1. The van der Waals surface area contributed by atoms with Crippen LogP contribution in [0.15, 0.2) is 43.0 Å². The van der Waals surface area contributed by atoms with Gasteiger partial charge in [-0.15, -0.1) is 10.2 Å². The molecule has 3 heterocycles. The van der Waals surface area contributed by atoms with E-state index in [1.165, 1.54) is 18.6 Å². The van der Waals surface area contributed by atoms with E-state index in [-0.39, 0.29) is 17.6 Å². The highest BCUT2D eigenvalue weighted by Crippen LogP contribution is 2.18. The summed E-state index contributed by atoms with van der Waals surface area (Å²) < 4.78 is 1.89. The molecule has 0 aliphatic carbocycles. The Morgan fingerprint density at radius 1 is 1.32 bits per heavy atom. The highest BCUT2D eigenvalue weighted by atomic mass is 16.2. The second-order valence-corrected chi connectivity index (χ2v) is 4.89. The van der Waals surface area contributed by atoms with Crippen molar-refractivity contribution < 1.29 is 4.79 Å². The van der Waals surface area contributed by atoms with Crippen molar-refractivity contribution in [3.05, 3.63) is 54.5 Å². The van der Waals surface area contributed by atoms with Gasteiger partial charge in [0, 0.05) is 18.6 Å². The molecule has 112 valence electrons. The fourth-order valence-corrected chi connectivity index (χ4v) is 2.30. The summed E-state index contributed by atoms with van der Waals surface area (Å²) in [4.78, 5) is 20.2. The van der Waals surface area contributed by atoms with Crippen LogP contribution in [0.25, 0.3) is 5.65 Å². The van der Waals surface area contributed by atoms with Gasteiger partial charge in [0.1, 0.15) is 5.69 Å². The van der Waals surface area contributed by atoms with E-state index in [9.17, 15) is 4.79 Å². The SMILES string of the molecule is CCC[C@H](NC(=O)c1cnccn1)c1nnc2ccccn12. The number of hydrogen-bond acceptors (Lipinski definition) is 5. The monoisotopic (exact) mass is 296 g/mol. The molecule has 0 fully saturated rings. The van der Waals surface area contributed by atoms with Crippen molar-refractivity contribution in [3.8, 4) is 0 Å². The fraction of sp³-hybridized carbons (Fsp3) is 0.267. The summed E-state index contributed by atoms with van der Waals surface area (Å²) in [5.41, 5.74) is 1.05. The molecular formula is C15H16N6O. The fourth-order valence-electron chi connectivity index (χ4n) is 2.30. The zero-order valence-corrected chi connectivity index (χ0v) is 12.2. The van der Waals surface area contributed by atoms with Gasteiger partial charge in [-0.3, -0.25) is 14.2 Å². The minimum atomic E-state index is -0.265. The van der Waals surface area contributed by atoms with E-state index in [0.29, 0.717) is 0 Å². The second kappa shape index (κ2) is 6.30. The second-order valence-electron chi connectivity index (χ2n) is 4.89. The van der Waals surface area contributed by atoms with E-state index in [0.717, 1.165) is 24.3 Å². The average molecular weight is 296 g/mol. The van der Waals surface area contributed by atoms with Gasteiger partial charge < -0.3 is 5.32 Å². The normalized spacial score (nSPS) is 12.2. The van der Waals surface area contributed by atoms with Gasteiger partial charge >= 0.3 is 0 Å². The van der Waals surface area contributed by atoms with Crippen LogP contribution in [0.3, 0.4) is 0 Å². The Kier molecular flexibility index (Phi) is 4.04. The zero-order chi connectivity index (χ0) is 15.4. The number of amides is 1. The Balaban J connectivity index is 1.88. The molecule has 3 aromatic rings. The zero-order valence-electron chi connectivity index (χ0n) is 12.2. The van der Waals surface area contributed by atoms with Crippen LogP contribution in [0, 0.1) is 0 Å². The van der Waals surface area contributed by atoms with Gasteiger partial charge in [0.25, 0.3) is 5.91 Å². The quantitative estimate of drug-likeness (QED) is 0.776. The van der Waals surface area contributed by atoms with Crippen LogP contribution >= 0.6 is 0 Å². The standard InChI is InChI=1S/C15H16N6O/c1-2-5-11(18-15(22)12-10-16-7-8-17-12)14-20-19-13-6-3-4-9-21(13)14/h3-4,6-11H,2,5H2,1H3,(H,18,22)/t11-/m0/s1. The number of pyridine rings is 1. The molecule has 22 heavy (non-hydrogen) atoms. The van der Waals surface area contributed by atoms with Gasteiger partial charge in [-0.2, -0.15) is 0 Å². The number of rotatable bonds is 5. The molecule has 0 spiro atoms. The van der Waals surface area contributed by atoms with Gasteiger partial charge in [0.15, 0.2) is 11.5 Å². The van der Waals surface area contributed by atoms with Crippen molar-refractivity contribution >= 4 is 11.6 Å². The maximum Gasteiger partial charge on any atom is 0.272 e. The first-order valence-corrected chi connectivity index (χ1v) is 7.16. The average Bonchev–Trinajstić information content (AvgIpc) is 2.99. The van der Waals surface area contributed by atoms with E-state index in [2.05, 4.69) is 32.4 Å². The Labute approximate surface area is 127 Å². The first kappa shape index (κ1) is 14.1. The molecule has 0 unspecified atom stereocenters. The van der Waals surface area contributed by atoms with Crippen molar-refractivity contribution in [3.63, 3.8) is 0 Å². The highest BCUT2D eigenvalue weighted by Gasteiger charge is 2.20. The molecule has 0 saturated carbocycles. The summed E-state index contributed by atoms with van der Waals surface area (Å²) in [5, 5.41) is 11.3. The Bertz CT molecular complexity index is 770. The van der Waals surface area contributed by atoms with E-state index < -0.39 is 0 Å². The Morgan fingerprint density at radius 2 is 2.23 bits per heavy atom. The third-order valence-corrected chi connectivity index (χ3v) is 3.33. The van der Waals surface area contributed by atoms with Crippen molar-refractivity contribution in [2.75, 3.05) is 0 Å². The summed E-state index contributed by atoms with van der Waals surface area (Å²) in [6, 6.07) is 5.47. The van der Waals surface area contributed by atoms with Crippen molar-refractivity contribution in [1.29, 1.82) is 0 Å². The van der Waals surface area contributed by atoms with Crippen LogP contribution in [-0.4, -0.2) is 30.5 Å². The molecule has 0 radical (unpaired) electrons. The van der Waals surface area contributed by atoms with E-state index in [1.807, 2.05) is 28.8 Å². The number of carbonyl (C=O) groups excluding carboxylic acids is 1. The molecule has 0 bridgehead atoms. The summed E-state index contributed by atoms with van der Waals surface area (Å²) >= 11 is 0. The molecule has 0 aliphatic heterocycles. The predicted molar refractivity (Wildman–Crippen MR) is 80.1 cm³/mol. The minimum Gasteiger partial charge on any atom is -0.341 e. The molecule has 0 saturated heterocycles. The number of aromatic nitrogens is 5. The summed E-state index contributed by atoms with van der Waals surface area (Å²) in [7, 11) is 0. The van der Waals surface area contributed by atoms with Crippen LogP contribution in [0.4, 0.5) is 0 Å². The minimum absolute atomic E-state index is 0.225. The molecule has 7 nitrogen and oxygen atoms in total. The Morgan fingerprint density at radius 3 is 3.00 bits per heavy atom. The summed E-state index contributed by atoms with van der Waals surface area (Å²) in [6.07, 6.45) is 8.04. The first-order chi connectivity index (χ1) is 10.8. The molecule has 1 N–H and O–H groups in total. The Hall–Kier alpha value is -2.83. The van der Waals surface area contributed by atoms with E-state index in [1.54, 1.807) is 0 Å². The predicted octanol–water partition coefficient (Wildman–Crippen LogP) is 1.79. The van der Waals surface area contributed by atoms with Gasteiger partial charge in [-0.05, 0) is 18.6 Å². The summed E-state index contributed by atoms with van der Waals surface area (Å²) in [5.74, 6) is 0.453. The molecule has 1 amide bonds.